The van der Waals surface area contributed by atoms with E-state index in [1.165, 1.54) is 25.7 Å². The summed E-state index contributed by atoms with van der Waals surface area (Å²) >= 11 is 0. The third-order valence-electron chi connectivity index (χ3n) is 4.24. The molecule has 4 N–H and O–H groups in total. The number of hydrogen-bond acceptors (Lipinski definition) is 8. The quantitative estimate of drug-likeness (QED) is 0.0870. The molecule has 0 aromatic heterocycles. The maximum atomic E-state index is 12.0. The van der Waals surface area contributed by atoms with Gasteiger partial charge in [-0.1, -0.05) is 58.8 Å². The van der Waals surface area contributed by atoms with E-state index in [0.717, 1.165) is 32.2 Å². The van der Waals surface area contributed by atoms with Crippen LogP contribution in [0.15, 0.2) is 0 Å². The smallest absolute Gasteiger partial charge is 0.394 e. The molecule has 174 valence electrons. The third-order valence-corrected chi connectivity index (χ3v) is 5.31. The lowest BCUT2D eigenvalue weighted by molar-refractivity contribution is -0.121. The molecular formula is C19H41N2O7P. The molecule has 0 saturated heterocycles. The first-order chi connectivity index (χ1) is 14.0. The second kappa shape index (κ2) is 19.6. The van der Waals surface area contributed by atoms with Crippen LogP contribution in [0.1, 0.15) is 71.6 Å². The Morgan fingerprint density at radius 2 is 1.66 bits per heavy atom. The number of hydrogen-bond donors (Lipinski definition) is 4. The van der Waals surface area contributed by atoms with Crippen molar-refractivity contribution in [3.63, 3.8) is 0 Å². The molecule has 0 aliphatic rings. The van der Waals surface area contributed by atoms with Crippen molar-refractivity contribution in [2.24, 2.45) is 0 Å². The van der Waals surface area contributed by atoms with Gasteiger partial charge >= 0.3 is 7.82 Å². The number of ether oxygens (including phenoxy) is 1. The molecule has 10 heteroatoms. The van der Waals surface area contributed by atoms with Gasteiger partial charge in [0.2, 0.25) is 0 Å². The van der Waals surface area contributed by atoms with E-state index in [0.29, 0.717) is 19.3 Å². The SMILES string of the molecule is CCCCCCCNNCCOP(=O)(O)OC(CO)CO[C@H](C=O)CCCCC. The molecule has 3 atom stereocenters. The minimum Gasteiger partial charge on any atom is -0.394 e. The molecule has 0 radical (unpaired) electrons. The normalized spacial score (nSPS) is 15.7. The zero-order chi connectivity index (χ0) is 21.8. The summed E-state index contributed by atoms with van der Waals surface area (Å²) in [6.45, 7) is 4.65. The van der Waals surface area contributed by atoms with Crippen LogP contribution in [0, 0.1) is 0 Å². The fraction of sp³-hybridized carbons (Fsp3) is 0.947. The van der Waals surface area contributed by atoms with Crippen molar-refractivity contribution in [2.75, 3.05) is 32.9 Å². The molecule has 0 aliphatic carbocycles. The lowest BCUT2D eigenvalue weighted by atomic mass is 10.1. The molecule has 0 amide bonds. The Hall–Kier alpha value is -0.380. The highest BCUT2D eigenvalue weighted by atomic mass is 31.2. The molecule has 2 unspecified atom stereocenters. The van der Waals surface area contributed by atoms with E-state index in [1.54, 1.807) is 0 Å². The minimum absolute atomic E-state index is 0.0381. The second-order valence-electron chi connectivity index (χ2n) is 6.98. The maximum absolute atomic E-state index is 12.0. The van der Waals surface area contributed by atoms with Crippen LogP contribution in [0.5, 0.6) is 0 Å². The Bertz CT molecular complexity index is 429. The van der Waals surface area contributed by atoms with Gasteiger partial charge in [0, 0.05) is 13.1 Å². The van der Waals surface area contributed by atoms with E-state index >= 15 is 0 Å². The van der Waals surface area contributed by atoms with Gasteiger partial charge in [-0.2, -0.15) is 0 Å². The largest absolute Gasteiger partial charge is 0.472 e. The number of carbonyl (C=O) groups is 1. The standard InChI is InChI=1S/C19H41N2O7P/c1-3-5-7-8-10-12-20-21-13-14-27-29(24,25)28-19(16-23)17-26-18(15-22)11-9-6-4-2/h15,18-21,23H,3-14,16-17H2,1-2H3,(H,24,25)/t18-,19?/m0/s1. The van der Waals surface area contributed by atoms with Crippen molar-refractivity contribution < 1.29 is 33.1 Å². The van der Waals surface area contributed by atoms with Crippen LogP contribution < -0.4 is 10.9 Å². The van der Waals surface area contributed by atoms with Crippen LogP contribution >= 0.6 is 7.82 Å². The number of phosphoric ester groups is 1. The van der Waals surface area contributed by atoms with Crippen molar-refractivity contribution in [3.8, 4) is 0 Å². The van der Waals surface area contributed by atoms with Gasteiger partial charge in [0.1, 0.15) is 18.5 Å². The number of carbonyl (C=O) groups excluding carboxylic acids is 1. The summed E-state index contributed by atoms with van der Waals surface area (Å²) in [4.78, 5) is 20.8. The summed E-state index contributed by atoms with van der Waals surface area (Å²) in [6, 6.07) is 0. The monoisotopic (exact) mass is 440 g/mol. The van der Waals surface area contributed by atoms with Gasteiger partial charge in [-0.05, 0) is 12.8 Å². The number of nitrogens with one attached hydrogen (secondary N) is 2. The van der Waals surface area contributed by atoms with Gasteiger partial charge in [0.05, 0.1) is 19.8 Å². The van der Waals surface area contributed by atoms with Crippen LogP contribution in [0.2, 0.25) is 0 Å². The first-order valence-corrected chi connectivity index (χ1v) is 12.3. The lowest BCUT2D eigenvalue weighted by Gasteiger charge is -2.21. The van der Waals surface area contributed by atoms with Crippen molar-refractivity contribution in [1.82, 2.24) is 10.9 Å². The van der Waals surface area contributed by atoms with Gasteiger partial charge in [0.25, 0.3) is 0 Å². The van der Waals surface area contributed by atoms with E-state index in [2.05, 4.69) is 24.7 Å². The Labute approximate surface area is 175 Å². The highest BCUT2D eigenvalue weighted by Gasteiger charge is 2.27. The van der Waals surface area contributed by atoms with Gasteiger partial charge in [-0.15, -0.1) is 0 Å². The van der Waals surface area contributed by atoms with Crippen LogP contribution in [-0.2, 0) is 23.1 Å². The van der Waals surface area contributed by atoms with E-state index in [4.69, 9.17) is 13.8 Å². The molecule has 9 nitrogen and oxygen atoms in total. The van der Waals surface area contributed by atoms with Crippen molar-refractivity contribution in [1.29, 1.82) is 0 Å². The molecule has 0 spiro atoms. The van der Waals surface area contributed by atoms with Crippen molar-refractivity contribution in [2.45, 2.75) is 83.8 Å². The highest BCUT2D eigenvalue weighted by molar-refractivity contribution is 7.47. The molecular weight excluding hydrogens is 399 g/mol. The van der Waals surface area contributed by atoms with Crippen molar-refractivity contribution >= 4 is 14.1 Å². The average Bonchev–Trinajstić information content (AvgIpc) is 2.70. The Morgan fingerprint density at radius 1 is 1.00 bits per heavy atom. The van der Waals surface area contributed by atoms with Crippen LogP contribution in [0.25, 0.3) is 0 Å². The molecule has 0 aromatic carbocycles. The summed E-state index contributed by atoms with van der Waals surface area (Å²) < 4.78 is 27.2. The minimum atomic E-state index is -4.33. The first-order valence-electron chi connectivity index (χ1n) is 10.8. The Kier molecular flexibility index (Phi) is 19.3. The van der Waals surface area contributed by atoms with Gasteiger partial charge in [-0.3, -0.25) is 19.9 Å². The number of aliphatic hydroxyl groups excluding tert-OH is 1. The highest BCUT2D eigenvalue weighted by Crippen LogP contribution is 2.44. The van der Waals surface area contributed by atoms with Crippen molar-refractivity contribution in [3.05, 3.63) is 0 Å². The molecule has 0 bridgehead atoms. The summed E-state index contributed by atoms with van der Waals surface area (Å²) in [6.07, 6.45) is 8.41. The Balaban J connectivity index is 3.92. The zero-order valence-corrected chi connectivity index (χ0v) is 18.9. The number of aldehydes is 1. The molecule has 29 heavy (non-hydrogen) atoms. The van der Waals surface area contributed by atoms with Crippen LogP contribution in [0.4, 0.5) is 0 Å². The van der Waals surface area contributed by atoms with E-state index < -0.39 is 26.6 Å². The molecule has 0 fully saturated rings. The zero-order valence-electron chi connectivity index (χ0n) is 18.0. The summed E-state index contributed by atoms with van der Waals surface area (Å²) in [7, 11) is -4.33. The number of aliphatic hydroxyl groups is 1. The molecule has 0 rings (SSSR count). The van der Waals surface area contributed by atoms with E-state index in [-0.39, 0.29) is 13.2 Å². The van der Waals surface area contributed by atoms with E-state index in [1.807, 2.05) is 0 Å². The predicted octanol–water partition coefficient (Wildman–Crippen LogP) is 2.71. The molecule has 0 heterocycles. The summed E-state index contributed by atoms with van der Waals surface area (Å²) in [5.41, 5.74) is 5.94. The molecule has 0 saturated carbocycles. The third kappa shape index (κ3) is 18.1. The average molecular weight is 441 g/mol. The van der Waals surface area contributed by atoms with E-state index in [9.17, 15) is 19.4 Å². The second-order valence-corrected chi connectivity index (χ2v) is 8.39. The summed E-state index contributed by atoms with van der Waals surface area (Å²) in [5.74, 6) is 0. The maximum Gasteiger partial charge on any atom is 0.472 e. The number of unbranched alkanes of at least 4 members (excludes halogenated alkanes) is 6. The van der Waals surface area contributed by atoms with Crippen LogP contribution in [0.3, 0.4) is 0 Å². The number of phosphoric acid groups is 1. The fourth-order valence-electron chi connectivity index (χ4n) is 2.56. The van der Waals surface area contributed by atoms with Gasteiger partial charge in [-0.25, -0.2) is 4.57 Å². The van der Waals surface area contributed by atoms with Crippen LogP contribution in [-0.4, -0.2) is 61.4 Å². The predicted molar refractivity (Wildman–Crippen MR) is 112 cm³/mol. The fourth-order valence-corrected chi connectivity index (χ4v) is 3.45. The summed E-state index contributed by atoms with van der Waals surface area (Å²) in [5, 5.41) is 9.33. The number of hydrazine groups is 1. The van der Waals surface area contributed by atoms with Gasteiger partial charge < -0.3 is 19.5 Å². The van der Waals surface area contributed by atoms with Gasteiger partial charge in [0.15, 0.2) is 0 Å². The first kappa shape index (κ1) is 28.6. The topological polar surface area (TPSA) is 126 Å². The molecule has 0 aromatic rings. The molecule has 0 aliphatic heterocycles. The lowest BCUT2D eigenvalue weighted by Crippen LogP contribution is -2.35. The number of rotatable bonds is 22. The Morgan fingerprint density at radius 3 is 2.31 bits per heavy atom.